The van der Waals surface area contributed by atoms with Crippen molar-refractivity contribution < 1.29 is 9.53 Å². The Kier molecular flexibility index (Phi) is 3.10. The molecule has 0 unspecified atom stereocenters. The van der Waals surface area contributed by atoms with Gasteiger partial charge in [0, 0.05) is 24.2 Å². The van der Waals surface area contributed by atoms with E-state index in [2.05, 4.69) is 20.1 Å². The number of hydrogen-bond acceptors (Lipinski definition) is 6. The van der Waals surface area contributed by atoms with Gasteiger partial charge in [-0.2, -0.15) is 5.10 Å². The normalized spacial score (nSPS) is 10.3. The Hall–Kier alpha value is -1.89. The Balaban J connectivity index is 2.20. The number of nitrogens with zero attached hydrogens (tertiary/aromatic N) is 3. The summed E-state index contributed by atoms with van der Waals surface area (Å²) in [4.78, 5) is 16.4. The number of nitrogens with one attached hydrogen (secondary N) is 1. The molecule has 0 amide bonds. The van der Waals surface area contributed by atoms with Crippen LogP contribution in [0.5, 0.6) is 0 Å². The molecule has 0 saturated carbocycles. The monoisotopic (exact) mass is 252 g/mol. The highest BCUT2D eigenvalue weighted by Crippen LogP contribution is 2.24. The largest absolute Gasteiger partial charge is 0.464 e. The van der Waals surface area contributed by atoms with Crippen LogP contribution >= 0.6 is 11.3 Å². The summed E-state index contributed by atoms with van der Waals surface area (Å²) in [6.45, 7) is 1.83. The standard InChI is InChI=1S/C10H12N4O2S/c1-6-8(9(15)16-3)12-10(17-6)11-7-4-5-14(2)13-7/h4-5H,1-3H3,(H,11,12,13). The lowest BCUT2D eigenvalue weighted by Gasteiger charge is -1.96. The van der Waals surface area contributed by atoms with Crippen LogP contribution in [0.4, 0.5) is 10.9 Å². The number of aromatic nitrogens is 3. The van der Waals surface area contributed by atoms with Gasteiger partial charge in [0.15, 0.2) is 16.6 Å². The molecule has 0 radical (unpaired) electrons. The lowest BCUT2D eigenvalue weighted by molar-refractivity contribution is 0.0594. The van der Waals surface area contributed by atoms with E-state index in [0.29, 0.717) is 16.6 Å². The van der Waals surface area contributed by atoms with Gasteiger partial charge in [-0.1, -0.05) is 0 Å². The molecule has 0 spiro atoms. The van der Waals surface area contributed by atoms with Crippen molar-refractivity contribution in [3.05, 3.63) is 22.8 Å². The molecule has 2 aromatic rings. The summed E-state index contributed by atoms with van der Waals surface area (Å²) in [5.41, 5.74) is 0.343. The molecule has 17 heavy (non-hydrogen) atoms. The van der Waals surface area contributed by atoms with Crippen molar-refractivity contribution in [1.29, 1.82) is 0 Å². The molecule has 2 heterocycles. The highest BCUT2D eigenvalue weighted by atomic mass is 32.1. The van der Waals surface area contributed by atoms with Gasteiger partial charge in [0.2, 0.25) is 0 Å². The smallest absolute Gasteiger partial charge is 0.357 e. The van der Waals surface area contributed by atoms with E-state index in [1.54, 1.807) is 4.68 Å². The number of anilines is 2. The average molecular weight is 252 g/mol. The maximum Gasteiger partial charge on any atom is 0.357 e. The Labute approximate surface area is 102 Å². The number of hydrogen-bond donors (Lipinski definition) is 1. The van der Waals surface area contributed by atoms with Crippen molar-refractivity contribution in [2.75, 3.05) is 12.4 Å². The van der Waals surface area contributed by atoms with Gasteiger partial charge in [-0.25, -0.2) is 9.78 Å². The minimum atomic E-state index is -0.423. The SMILES string of the molecule is COC(=O)c1nc(Nc2ccn(C)n2)sc1C. The second-order valence-corrected chi connectivity index (χ2v) is 4.62. The van der Waals surface area contributed by atoms with Crippen LogP contribution in [-0.2, 0) is 11.8 Å². The van der Waals surface area contributed by atoms with Crippen LogP contribution in [-0.4, -0.2) is 27.8 Å². The number of esters is 1. The predicted octanol–water partition coefficient (Wildman–Crippen LogP) is 1.72. The van der Waals surface area contributed by atoms with Gasteiger partial charge in [0.1, 0.15) is 0 Å². The molecule has 0 aliphatic carbocycles. The van der Waals surface area contributed by atoms with Crippen molar-refractivity contribution in [3.63, 3.8) is 0 Å². The molecule has 0 bridgehead atoms. The molecular formula is C10H12N4O2S. The summed E-state index contributed by atoms with van der Waals surface area (Å²) in [7, 11) is 3.17. The maximum absolute atomic E-state index is 11.4. The van der Waals surface area contributed by atoms with Crippen molar-refractivity contribution in [2.24, 2.45) is 7.05 Å². The third kappa shape index (κ3) is 2.44. The average Bonchev–Trinajstić information content (AvgIpc) is 2.85. The van der Waals surface area contributed by atoms with E-state index in [0.717, 1.165) is 4.88 Å². The van der Waals surface area contributed by atoms with E-state index < -0.39 is 5.97 Å². The molecule has 2 aromatic heterocycles. The fraction of sp³-hybridized carbons (Fsp3) is 0.300. The van der Waals surface area contributed by atoms with Crippen molar-refractivity contribution in [3.8, 4) is 0 Å². The summed E-state index contributed by atoms with van der Waals surface area (Å²) >= 11 is 1.39. The lowest BCUT2D eigenvalue weighted by atomic mass is 10.4. The zero-order chi connectivity index (χ0) is 12.4. The van der Waals surface area contributed by atoms with E-state index in [1.807, 2.05) is 26.2 Å². The zero-order valence-electron chi connectivity index (χ0n) is 9.72. The molecule has 0 aliphatic rings. The molecule has 0 fully saturated rings. The molecular weight excluding hydrogens is 240 g/mol. The van der Waals surface area contributed by atoms with Crippen LogP contribution < -0.4 is 5.32 Å². The minimum absolute atomic E-state index is 0.343. The summed E-state index contributed by atoms with van der Waals surface area (Å²) in [6.07, 6.45) is 1.82. The van der Waals surface area contributed by atoms with Crippen molar-refractivity contribution in [2.45, 2.75) is 6.92 Å². The molecule has 0 atom stereocenters. The summed E-state index contributed by atoms with van der Waals surface area (Å²) < 4.78 is 6.33. The zero-order valence-corrected chi connectivity index (χ0v) is 10.5. The number of methoxy groups -OCH3 is 1. The maximum atomic E-state index is 11.4. The summed E-state index contributed by atoms with van der Waals surface area (Å²) in [6, 6.07) is 1.83. The molecule has 2 rings (SSSR count). The number of ether oxygens (including phenoxy) is 1. The Morgan fingerprint density at radius 2 is 2.35 bits per heavy atom. The first-order valence-electron chi connectivity index (χ1n) is 4.92. The van der Waals surface area contributed by atoms with Gasteiger partial charge in [-0.05, 0) is 6.92 Å². The highest BCUT2D eigenvalue weighted by Gasteiger charge is 2.16. The number of aryl methyl sites for hydroxylation is 2. The Morgan fingerprint density at radius 1 is 1.59 bits per heavy atom. The van der Waals surface area contributed by atoms with Gasteiger partial charge in [0.25, 0.3) is 0 Å². The number of thiazole rings is 1. The summed E-state index contributed by atoms with van der Waals surface area (Å²) in [5, 5.41) is 7.83. The molecule has 6 nitrogen and oxygen atoms in total. The fourth-order valence-corrected chi connectivity index (χ4v) is 2.14. The minimum Gasteiger partial charge on any atom is -0.464 e. The Bertz CT molecular complexity index is 546. The van der Waals surface area contributed by atoms with Crippen LogP contribution in [0, 0.1) is 6.92 Å². The molecule has 0 aromatic carbocycles. The van der Waals surface area contributed by atoms with Gasteiger partial charge >= 0.3 is 5.97 Å². The van der Waals surface area contributed by atoms with Gasteiger partial charge in [-0.3, -0.25) is 4.68 Å². The number of carbonyl (C=O) groups is 1. The number of rotatable bonds is 3. The third-order valence-corrected chi connectivity index (χ3v) is 3.01. The first kappa shape index (κ1) is 11.6. The third-order valence-electron chi connectivity index (χ3n) is 2.12. The van der Waals surface area contributed by atoms with E-state index in [-0.39, 0.29) is 0 Å². The highest BCUT2D eigenvalue weighted by molar-refractivity contribution is 7.15. The second kappa shape index (κ2) is 4.54. The molecule has 90 valence electrons. The Morgan fingerprint density at radius 3 is 2.94 bits per heavy atom. The van der Waals surface area contributed by atoms with Crippen LogP contribution in [0.15, 0.2) is 12.3 Å². The van der Waals surface area contributed by atoms with E-state index >= 15 is 0 Å². The van der Waals surface area contributed by atoms with Gasteiger partial charge in [0.05, 0.1) is 7.11 Å². The van der Waals surface area contributed by atoms with Crippen LogP contribution in [0.3, 0.4) is 0 Å². The van der Waals surface area contributed by atoms with Crippen LogP contribution in [0.25, 0.3) is 0 Å². The topological polar surface area (TPSA) is 69.0 Å². The van der Waals surface area contributed by atoms with E-state index in [4.69, 9.17) is 0 Å². The lowest BCUT2D eigenvalue weighted by Crippen LogP contribution is -2.03. The van der Waals surface area contributed by atoms with Crippen LogP contribution in [0.2, 0.25) is 0 Å². The van der Waals surface area contributed by atoms with Crippen molar-refractivity contribution >= 4 is 28.3 Å². The molecule has 7 heteroatoms. The fourth-order valence-electron chi connectivity index (χ4n) is 1.33. The van der Waals surface area contributed by atoms with Crippen molar-refractivity contribution in [1.82, 2.24) is 14.8 Å². The summed E-state index contributed by atoms with van der Waals surface area (Å²) in [5.74, 6) is 0.269. The second-order valence-electron chi connectivity index (χ2n) is 3.42. The quantitative estimate of drug-likeness (QED) is 0.842. The predicted molar refractivity (Wildman–Crippen MR) is 64.7 cm³/mol. The van der Waals surface area contributed by atoms with Crippen LogP contribution in [0.1, 0.15) is 15.4 Å². The first-order valence-corrected chi connectivity index (χ1v) is 5.74. The molecule has 0 saturated heterocycles. The first-order chi connectivity index (χ1) is 8.10. The van der Waals surface area contributed by atoms with E-state index in [9.17, 15) is 4.79 Å². The molecule has 0 aliphatic heterocycles. The molecule has 1 N–H and O–H groups in total. The van der Waals surface area contributed by atoms with Gasteiger partial charge in [-0.15, -0.1) is 11.3 Å². The van der Waals surface area contributed by atoms with Gasteiger partial charge < -0.3 is 10.1 Å². The number of carbonyl (C=O) groups excluding carboxylic acids is 1. The van der Waals surface area contributed by atoms with E-state index in [1.165, 1.54) is 18.4 Å².